The molecule has 1 aromatic carbocycles. The number of hydrogen-bond acceptors (Lipinski definition) is 3. The highest BCUT2D eigenvalue weighted by atomic mass is 79.9. The first kappa shape index (κ1) is 11.6. The summed E-state index contributed by atoms with van der Waals surface area (Å²) in [7, 11) is 0. The molecule has 0 spiro atoms. The molecule has 2 aromatic rings. The van der Waals surface area contributed by atoms with Gasteiger partial charge in [0.2, 0.25) is 0 Å². The van der Waals surface area contributed by atoms with Crippen molar-refractivity contribution in [3.63, 3.8) is 0 Å². The van der Waals surface area contributed by atoms with Crippen LogP contribution in [-0.2, 0) is 0 Å². The van der Waals surface area contributed by atoms with E-state index >= 15 is 0 Å². The largest absolute Gasteiger partial charge is 0.377 e. The summed E-state index contributed by atoms with van der Waals surface area (Å²) < 4.78 is 1.13. The fraction of sp³-hybridized carbons (Fsp3) is 0.250. The number of aromatic nitrogens is 1. The molecule has 2 rings (SSSR count). The van der Waals surface area contributed by atoms with Crippen LogP contribution in [0.2, 0.25) is 0 Å². The maximum atomic E-state index is 4.31. The van der Waals surface area contributed by atoms with Crippen molar-refractivity contribution in [3.8, 4) is 0 Å². The average molecular weight is 297 g/mol. The van der Waals surface area contributed by atoms with Crippen LogP contribution in [0.5, 0.6) is 0 Å². The molecule has 1 aromatic heterocycles. The molecule has 1 atom stereocenters. The van der Waals surface area contributed by atoms with Gasteiger partial charge >= 0.3 is 0 Å². The van der Waals surface area contributed by atoms with Gasteiger partial charge in [0.1, 0.15) is 0 Å². The second-order valence-corrected chi connectivity index (χ2v) is 5.26. The second kappa shape index (κ2) is 4.97. The Morgan fingerprint density at radius 3 is 2.94 bits per heavy atom. The Balaban J connectivity index is 2.18. The van der Waals surface area contributed by atoms with E-state index in [9.17, 15) is 0 Å². The predicted molar refractivity (Wildman–Crippen MR) is 73.0 cm³/mol. The topological polar surface area (TPSA) is 24.9 Å². The minimum atomic E-state index is 0.235. The van der Waals surface area contributed by atoms with E-state index < -0.39 is 0 Å². The van der Waals surface area contributed by atoms with E-state index in [0.717, 1.165) is 15.9 Å². The molecule has 0 aliphatic carbocycles. The summed E-state index contributed by atoms with van der Waals surface area (Å²) >= 11 is 5.16. The van der Waals surface area contributed by atoms with Crippen LogP contribution in [0.25, 0.3) is 0 Å². The second-order valence-electron chi connectivity index (χ2n) is 3.69. The Kier molecular flexibility index (Phi) is 3.61. The summed E-state index contributed by atoms with van der Waals surface area (Å²) in [6, 6.07) is 6.41. The van der Waals surface area contributed by atoms with Crippen molar-refractivity contribution in [2.75, 3.05) is 5.32 Å². The van der Waals surface area contributed by atoms with Gasteiger partial charge in [-0.25, -0.2) is 4.98 Å². The number of benzene rings is 1. The van der Waals surface area contributed by atoms with Crippen molar-refractivity contribution < 1.29 is 0 Å². The molecule has 16 heavy (non-hydrogen) atoms. The summed E-state index contributed by atoms with van der Waals surface area (Å²) in [5.41, 5.74) is 5.32. The zero-order valence-corrected chi connectivity index (χ0v) is 11.6. The lowest BCUT2D eigenvalue weighted by Gasteiger charge is -2.15. The third-order valence-corrected chi connectivity index (χ3v) is 4.00. The first-order valence-corrected chi connectivity index (χ1v) is 6.82. The molecule has 0 radical (unpaired) electrons. The molecule has 0 amide bonds. The Morgan fingerprint density at radius 1 is 1.44 bits per heavy atom. The van der Waals surface area contributed by atoms with Crippen molar-refractivity contribution in [1.82, 2.24) is 4.98 Å². The summed E-state index contributed by atoms with van der Waals surface area (Å²) in [6.45, 7) is 4.22. The van der Waals surface area contributed by atoms with Gasteiger partial charge < -0.3 is 5.32 Å². The Labute approximate surface area is 108 Å². The minimum Gasteiger partial charge on any atom is -0.377 e. The van der Waals surface area contributed by atoms with Gasteiger partial charge in [-0.2, -0.15) is 0 Å². The Morgan fingerprint density at radius 2 is 2.25 bits per heavy atom. The van der Waals surface area contributed by atoms with E-state index in [1.165, 1.54) is 5.56 Å². The number of halogens is 1. The maximum Gasteiger partial charge on any atom is 0.0795 e. The van der Waals surface area contributed by atoms with Gasteiger partial charge in [-0.15, -0.1) is 11.3 Å². The quantitative estimate of drug-likeness (QED) is 0.909. The zero-order valence-electron chi connectivity index (χ0n) is 9.20. The highest BCUT2D eigenvalue weighted by molar-refractivity contribution is 9.10. The third kappa shape index (κ3) is 2.44. The molecule has 1 N–H and O–H groups in total. The van der Waals surface area contributed by atoms with Crippen LogP contribution in [0.15, 0.2) is 33.6 Å². The molecule has 84 valence electrons. The van der Waals surface area contributed by atoms with Gasteiger partial charge in [0.25, 0.3) is 0 Å². The first-order chi connectivity index (χ1) is 7.68. The van der Waals surface area contributed by atoms with Crippen LogP contribution in [0.4, 0.5) is 5.69 Å². The molecule has 0 aliphatic heterocycles. The third-order valence-electron chi connectivity index (χ3n) is 2.53. The van der Waals surface area contributed by atoms with Gasteiger partial charge in [-0.05, 0) is 31.5 Å². The summed E-state index contributed by atoms with van der Waals surface area (Å²) in [4.78, 5) is 4.31. The van der Waals surface area contributed by atoms with Gasteiger partial charge in [0, 0.05) is 15.5 Å². The van der Waals surface area contributed by atoms with E-state index in [0.29, 0.717) is 0 Å². The normalized spacial score (nSPS) is 12.4. The van der Waals surface area contributed by atoms with Crippen LogP contribution >= 0.6 is 27.3 Å². The van der Waals surface area contributed by atoms with E-state index in [4.69, 9.17) is 0 Å². The van der Waals surface area contributed by atoms with Crippen molar-refractivity contribution >= 4 is 33.0 Å². The van der Waals surface area contributed by atoms with Gasteiger partial charge in [-0.3, -0.25) is 0 Å². The number of anilines is 1. The molecule has 2 nitrogen and oxygen atoms in total. The number of thiazole rings is 1. The molecule has 0 saturated carbocycles. The molecule has 0 saturated heterocycles. The zero-order chi connectivity index (χ0) is 11.5. The van der Waals surface area contributed by atoms with Crippen molar-refractivity contribution in [3.05, 3.63) is 44.8 Å². The van der Waals surface area contributed by atoms with Gasteiger partial charge in [0.05, 0.1) is 17.2 Å². The van der Waals surface area contributed by atoms with Crippen molar-refractivity contribution in [1.29, 1.82) is 0 Å². The van der Waals surface area contributed by atoms with Crippen LogP contribution in [-0.4, -0.2) is 4.98 Å². The van der Waals surface area contributed by atoms with Crippen LogP contribution in [0.3, 0.4) is 0 Å². The van der Waals surface area contributed by atoms with Gasteiger partial charge in [0.15, 0.2) is 0 Å². The molecule has 4 heteroatoms. The number of rotatable bonds is 3. The van der Waals surface area contributed by atoms with E-state index in [-0.39, 0.29) is 6.04 Å². The lowest BCUT2D eigenvalue weighted by Crippen LogP contribution is -2.07. The Bertz CT molecular complexity index is 468. The van der Waals surface area contributed by atoms with Crippen molar-refractivity contribution in [2.45, 2.75) is 19.9 Å². The fourth-order valence-electron chi connectivity index (χ4n) is 1.51. The van der Waals surface area contributed by atoms with Crippen LogP contribution < -0.4 is 5.32 Å². The summed E-state index contributed by atoms with van der Waals surface area (Å²) in [5.74, 6) is 0. The monoisotopic (exact) mass is 296 g/mol. The molecule has 1 heterocycles. The molecular weight excluding hydrogens is 284 g/mol. The number of nitrogens with zero attached hydrogens (tertiary/aromatic N) is 1. The van der Waals surface area contributed by atoms with Gasteiger partial charge in [-0.1, -0.05) is 22.0 Å². The summed E-state index contributed by atoms with van der Waals surface area (Å²) in [6.07, 6.45) is 0. The minimum absolute atomic E-state index is 0.235. The Hall–Kier alpha value is -0.870. The van der Waals surface area contributed by atoms with E-state index in [1.807, 2.05) is 17.6 Å². The van der Waals surface area contributed by atoms with E-state index in [1.54, 1.807) is 11.3 Å². The molecule has 0 bridgehead atoms. The first-order valence-electron chi connectivity index (χ1n) is 5.08. The highest BCUT2D eigenvalue weighted by Crippen LogP contribution is 2.26. The maximum absolute atomic E-state index is 4.31. The average Bonchev–Trinajstić information content (AvgIpc) is 2.78. The number of nitrogens with one attached hydrogen (secondary N) is 1. The molecule has 1 unspecified atom stereocenters. The predicted octanol–water partition coefficient (Wildman–Crippen LogP) is 4.39. The smallest absolute Gasteiger partial charge is 0.0795 e. The molecule has 0 aliphatic rings. The standard InChI is InChI=1S/C12H13BrN2S/c1-8-10(13)4-3-5-11(8)15-9(2)12-6-16-7-14-12/h3-7,9,15H,1-2H3. The summed E-state index contributed by atoms with van der Waals surface area (Å²) in [5, 5.41) is 5.54. The van der Waals surface area contributed by atoms with Crippen LogP contribution in [0.1, 0.15) is 24.2 Å². The lowest BCUT2D eigenvalue weighted by atomic mass is 10.1. The fourth-order valence-corrected chi connectivity index (χ4v) is 2.52. The SMILES string of the molecule is Cc1c(Br)cccc1NC(C)c1cscn1. The van der Waals surface area contributed by atoms with Crippen LogP contribution in [0, 0.1) is 6.92 Å². The number of hydrogen-bond donors (Lipinski definition) is 1. The lowest BCUT2D eigenvalue weighted by molar-refractivity contribution is 0.848. The van der Waals surface area contributed by atoms with Crippen molar-refractivity contribution in [2.24, 2.45) is 0 Å². The molecular formula is C12H13BrN2S. The highest BCUT2D eigenvalue weighted by Gasteiger charge is 2.09. The van der Waals surface area contributed by atoms with E-state index in [2.05, 4.69) is 51.5 Å². The molecule has 0 fully saturated rings.